The summed E-state index contributed by atoms with van der Waals surface area (Å²) in [6, 6.07) is 19.5. The Morgan fingerprint density at radius 2 is 1.67 bits per heavy atom. The van der Waals surface area contributed by atoms with Crippen LogP contribution in [-0.4, -0.2) is 16.8 Å². The quantitative estimate of drug-likeness (QED) is 0.604. The Kier molecular flexibility index (Phi) is 6.12. The second-order valence-corrected chi connectivity index (χ2v) is 6.54. The number of nitrogens with zero attached hydrogens (tertiary/aromatic N) is 1. The van der Waals surface area contributed by atoms with Crippen LogP contribution in [0.15, 0.2) is 89.3 Å². The molecular weight excluding hydrogens is 406 g/mol. The molecule has 2 amide bonds. The summed E-state index contributed by atoms with van der Waals surface area (Å²) in [5.41, 5.74) is 1.96. The van der Waals surface area contributed by atoms with Crippen molar-refractivity contribution in [1.82, 2.24) is 10.3 Å². The third-order valence-electron chi connectivity index (χ3n) is 3.63. The van der Waals surface area contributed by atoms with E-state index in [0.717, 1.165) is 10.0 Å². The van der Waals surface area contributed by atoms with Crippen LogP contribution in [0.25, 0.3) is 6.08 Å². The molecule has 0 saturated heterocycles. The van der Waals surface area contributed by atoms with Gasteiger partial charge in [-0.3, -0.25) is 14.6 Å². The van der Waals surface area contributed by atoms with Crippen molar-refractivity contribution in [2.24, 2.45) is 0 Å². The molecule has 0 atom stereocenters. The fraction of sp³-hybridized carbons (Fsp3) is 0. The summed E-state index contributed by atoms with van der Waals surface area (Å²) in [5, 5.41) is 5.49. The summed E-state index contributed by atoms with van der Waals surface area (Å²) in [6.45, 7) is 0. The minimum Gasteiger partial charge on any atom is -0.321 e. The second-order valence-electron chi connectivity index (χ2n) is 5.62. The van der Waals surface area contributed by atoms with Crippen LogP contribution < -0.4 is 10.6 Å². The molecule has 0 saturated carbocycles. The summed E-state index contributed by atoms with van der Waals surface area (Å²) in [7, 11) is 0. The molecule has 0 radical (unpaired) electrons. The first-order chi connectivity index (χ1) is 13.1. The largest absolute Gasteiger partial charge is 0.321 e. The molecule has 1 heterocycles. The van der Waals surface area contributed by atoms with Gasteiger partial charge in [0.15, 0.2) is 0 Å². The molecule has 0 aliphatic carbocycles. The average molecular weight is 422 g/mol. The zero-order valence-corrected chi connectivity index (χ0v) is 15.8. The molecule has 0 aliphatic heterocycles. The molecule has 2 N–H and O–H groups in total. The highest BCUT2D eigenvalue weighted by atomic mass is 79.9. The van der Waals surface area contributed by atoms with Crippen molar-refractivity contribution in [3.05, 3.63) is 100 Å². The van der Waals surface area contributed by atoms with Crippen LogP contribution in [0.2, 0.25) is 0 Å². The van der Waals surface area contributed by atoms with Gasteiger partial charge in [0.25, 0.3) is 11.8 Å². The van der Waals surface area contributed by atoms with Crippen molar-refractivity contribution in [2.75, 3.05) is 5.32 Å². The average Bonchev–Trinajstić information content (AvgIpc) is 2.69. The van der Waals surface area contributed by atoms with Gasteiger partial charge in [-0.05, 0) is 54.1 Å². The number of hydrogen-bond donors (Lipinski definition) is 2. The predicted molar refractivity (Wildman–Crippen MR) is 109 cm³/mol. The smallest absolute Gasteiger partial charge is 0.272 e. The van der Waals surface area contributed by atoms with Crippen molar-refractivity contribution < 1.29 is 9.59 Å². The summed E-state index contributed by atoms with van der Waals surface area (Å²) in [4.78, 5) is 29.2. The van der Waals surface area contributed by atoms with Crippen molar-refractivity contribution in [2.45, 2.75) is 0 Å². The Hall–Kier alpha value is -3.25. The Morgan fingerprint density at radius 3 is 2.37 bits per heavy atom. The van der Waals surface area contributed by atoms with Crippen LogP contribution in [0.5, 0.6) is 0 Å². The van der Waals surface area contributed by atoms with Gasteiger partial charge in [0.1, 0.15) is 5.70 Å². The van der Waals surface area contributed by atoms with Crippen LogP contribution in [0, 0.1) is 0 Å². The molecule has 0 unspecified atom stereocenters. The molecule has 27 heavy (non-hydrogen) atoms. The molecule has 0 aliphatic rings. The first kappa shape index (κ1) is 18.5. The molecule has 3 rings (SSSR count). The Bertz CT molecular complexity index is 973. The van der Waals surface area contributed by atoms with Gasteiger partial charge < -0.3 is 10.6 Å². The lowest BCUT2D eigenvalue weighted by Gasteiger charge is -2.11. The van der Waals surface area contributed by atoms with Gasteiger partial charge >= 0.3 is 0 Å². The van der Waals surface area contributed by atoms with E-state index in [9.17, 15) is 9.59 Å². The number of carbonyl (C=O) groups is 2. The molecule has 6 heteroatoms. The van der Waals surface area contributed by atoms with E-state index in [1.807, 2.05) is 18.2 Å². The SMILES string of the molecule is O=C(Nc1cccc(Br)c1)/C(=C\c1ccncc1)NC(=O)c1ccccc1. The highest BCUT2D eigenvalue weighted by Crippen LogP contribution is 2.16. The van der Waals surface area contributed by atoms with Gasteiger partial charge in [-0.15, -0.1) is 0 Å². The highest BCUT2D eigenvalue weighted by molar-refractivity contribution is 9.10. The number of rotatable bonds is 5. The fourth-order valence-electron chi connectivity index (χ4n) is 2.33. The van der Waals surface area contributed by atoms with Gasteiger partial charge in [-0.1, -0.05) is 40.2 Å². The number of carbonyl (C=O) groups excluding carboxylic acids is 2. The van der Waals surface area contributed by atoms with Gasteiger partial charge in [-0.25, -0.2) is 0 Å². The lowest BCUT2D eigenvalue weighted by Crippen LogP contribution is -2.30. The molecule has 134 valence electrons. The van der Waals surface area contributed by atoms with Gasteiger partial charge in [0, 0.05) is 28.1 Å². The van der Waals surface area contributed by atoms with Gasteiger partial charge in [-0.2, -0.15) is 0 Å². The minimum atomic E-state index is -0.422. The molecular formula is C21H16BrN3O2. The second kappa shape index (κ2) is 8.91. The van der Waals surface area contributed by atoms with E-state index in [0.29, 0.717) is 11.3 Å². The van der Waals surface area contributed by atoms with Crippen LogP contribution in [0.3, 0.4) is 0 Å². The van der Waals surface area contributed by atoms with E-state index in [-0.39, 0.29) is 11.6 Å². The molecule has 0 fully saturated rings. The van der Waals surface area contributed by atoms with Gasteiger partial charge in [0.05, 0.1) is 0 Å². The summed E-state index contributed by atoms with van der Waals surface area (Å²) < 4.78 is 0.841. The third-order valence-corrected chi connectivity index (χ3v) is 4.12. The summed E-state index contributed by atoms with van der Waals surface area (Å²) in [6.07, 6.45) is 4.85. The molecule has 0 spiro atoms. The standard InChI is InChI=1S/C21H16BrN3O2/c22-17-7-4-8-18(14-17)24-21(27)19(13-15-9-11-23-12-10-15)25-20(26)16-5-2-1-3-6-16/h1-14H,(H,24,27)(H,25,26)/b19-13+. The van der Waals surface area contributed by atoms with E-state index in [4.69, 9.17) is 0 Å². The van der Waals surface area contributed by atoms with E-state index < -0.39 is 5.91 Å². The van der Waals surface area contributed by atoms with Crippen molar-refractivity contribution >= 4 is 39.5 Å². The maximum absolute atomic E-state index is 12.8. The Balaban J connectivity index is 1.86. The van der Waals surface area contributed by atoms with Crippen LogP contribution >= 0.6 is 15.9 Å². The van der Waals surface area contributed by atoms with Crippen LogP contribution in [0.1, 0.15) is 15.9 Å². The molecule has 5 nitrogen and oxygen atoms in total. The number of pyridine rings is 1. The Labute approximate surface area is 165 Å². The van der Waals surface area contributed by atoms with Gasteiger partial charge in [0.2, 0.25) is 0 Å². The molecule has 0 bridgehead atoms. The minimum absolute atomic E-state index is 0.134. The number of aromatic nitrogens is 1. The van der Waals surface area contributed by atoms with E-state index in [1.54, 1.807) is 67.0 Å². The van der Waals surface area contributed by atoms with Crippen LogP contribution in [-0.2, 0) is 4.79 Å². The van der Waals surface area contributed by atoms with E-state index in [2.05, 4.69) is 31.5 Å². The number of hydrogen-bond acceptors (Lipinski definition) is 3. The van der Waals surface area contributed by atoms with Crippen LogP contribution in [0.4, 0.5) is 5.69 Å². The summed E-state index contributed by atoms with van der Waals surface area (Å²) >= 11 is 3.37. The molecule has 1 aromatic heterocycles. The topological polar surface area (TPSA) is 71.1 Å². The predicted octanol–water partition coefficient (Wildman–Crippen LogP) is 4.25. The normalized spacial score (nSPS) is 10.9. The first-order valence-corrected chi connectivity index (χ1v) is 8.96. The monoisotopic (exact) mass is 421 g/mol. The lowest BCUT2D eigenvalue weighted by atomic mass is 10.2. The molecule has 2 aromatic carbocycles. The number of amides is 2. The van der Waals surface area contributed by atoms with Crippen molar-refractivity contribution in [3.63, 3.8) is 0 Å². The zero-order valence-electron chi connectivity index (χ0n) is 14.2. The highest BCUT2D eigenvalue weighted by Gasteiger charge is 2.15. The third kappa shape index (κ3) is 5.36. The number of nitrogens with one attached hydrogen (secondary N) is 2. The zero-order chi connectivity index (χ0) is 19.1. The Morgan fingerprint density at radius 1 is 0.926 bits per heavy atom. The first-order valence-electron chi connectivity index (χ1n) is 8.17. The maximum atomic E-state index is 12.8. The number of halogens is 1. The van der Waals surface area contributed by atoms with Crippen molar-refractivity contribution in [1.29, 1.82) is 0 Å². The molecule has 3 aromatic rings. The van der Waals surface area contributed by atoms with Crippen molar-refractivity contribution in [3.8, 4) is 0 Å². The van der Waals surface area contributed by atoms with E-state index >= 15 is 0 Å². The fourth-order valence-corrected chi connectivity index (χ4v) is 2.73. The maximum Gasteiger partial charge on any atom is 0.272 e. The van der Waals surface area contributed by atoms with E-state index in [1.165, 1.54) is 0 Å². The lowest BCUT2D eigenvalue weighted by molar-refractivity contribution is -0.113. The number of benzene rings is 2. The summed E-state index contributed by atoms with van der Waals surface area (Å²) in [5.74, 6) is -0.783. The number of anilines is 1.